The van der Waals surface area contributed by atoms with E-state index in [-0.39, 0.29) is 5.75 Å². The van der Waals surface area contributed by atoms with Crippen LogP contribution in [0.3, 0.4) is 0 Å². The molecule has 0 radical (unpaired) electrons. The average molecular weight is 464 g/mol. The van der Waals surface area contributed by atoms with Crippen LogP contribution < -0.4 is 0 Å². The molecule has 0 bridgehead atoms. The summed E-state index contributed by atoms with van der Waals surface area (Å²) in [4.78, 5) is 0. The van der Waals surface area contributed by atoms with E-state index in [9.17, 15) is 8.42 Å². The molecular formula is C24H27Cl2NO2S. The molecule has 1 saturated carbocycles. The van der Waals surface area contributed by atoms with E-state index < -0.39 is 10.0 Å². The third-order valence-electron chi connectivity index (χ3n) is 7.51. The normalized spacial score (nSPS) is 23.3. The zero-order valence-corrected chi connectivity index (χ0v) is 19.4. The predicted molar refractivity (Wildman–Crippen MR) is 123 cm³/mol. The van der Waals surface area contributed by atoms with Crippen molar-refractivity contribution in [1.29, 1.82) is 0 Å². The third-order valence-corrected chi connectivity index (χ3v) is 10.0. The van der Waals surface area contributed by atoms with Crippen LogP contribution in [0, 0.1) is 0 Å². The minimum atomic E-state index is -3.45. The van der Waals surface area contributed by atoms with E-state index in [1.54, 1.807) is 22.5 Å². The molecule has 5 rings (SSSR count). The SMILES string of the molecule is O=S(=O)(Cc1ccc(Cl)c(Cl)c1)N1CCC2CCC3(CCCC3)c3cccc(c32)C1. The van der Waals surface area contributed by atoms with E-state index in [1.807, 2.05) is 0 Å². The quantitative estimate of drug-likeness (QED) is 0.526. The van der Waals surface area contributed by atoms with Crippen LogP contribution in [0.1, 0.15) is 73.1 Å². The van der Waals surface area contributed by atoms with Gasteiger partial charge in [-0.25, -0.2) is 8.42 Å². The van der Waals surface area contributed by atoms with Gasteiger partial charge in [-0.15, -0.1) is 0 Å². The van der Waals surface area contributed by atoms with Gasteiger partial charge in [-0.3, -0.25) is 0 Å². The summed E-state index contributed by atoms with van der Waals surface area (Å²) in [7, 11) is -3.45. The van der Waals surface area contributed by atoms with E-state index >= 15 is 0 Å². The molecule has 2 aromatic rings. The second-order valence-electron chi connectivity index (χ2n) is 9.23. The van der Waals surface area contributed by atoms with E-state index in [4.69, 9.17) is 23.2 Å². The Morgan fingerprint density at radius 1 is 1.00 bits per heavy atom. The lowest BCUT2D eigenvalue weighted by Crippen LogP contribution is -2.32. The van der Waals surface area contributed by atoms with Crippen molar-refractivity contribution in [2.24, 2.45) is 0 Å². The Hall–Kier alpha value is -1.07. The molecule has 0 N–H and O–H groups in total. The maximum atomic E-state index is 13.3. The van der Waals surface area contributed by atoms with Gasteiger partial charge in [0.05, 0.1) is 15.8 Å². The Balaban J connectivity index is 1.46. The highest BCUT2D eigenvalue weighted by atomic mass is 35.5. The lowest BCUT2D eigenvalue weighted by Gasteiger charge is -2.40. The maximum Gasteiger partial charge on any atom is 0.218 e. The predicted octanol–water partition coefficient (Wildman–Crippen LogP) is 6.42. The third kappa shape index (κ3) is 3.60. The first-order valence-corrected chi connectivity index (χ1v) is 13.3. The Bertz CT molecular complexity index is 1080. The van der Waals surface area contributed by atoms with Gasteiger partial charge in [0.25, 0.3) is 0 Å². The number of hydrogen-bond acceptors (Lipinski definition) is 2. The summed E-state index contributed by atoms with van der Waals surface area (Å²) in [5, 5.41) is 0.833. The molecule has 1 atom stereocenters. The molecule has 1 unspecified atom stereocenters. The van der Waals surface area contributed by atoms with E-state index in [0.717, 1.165) is 6.42 Å². The molecule has 3 aliphatic rings. The van der Waals surface area contributed by atoms with Crippen LogP contribution in [-0.4, -0.2) is 19.3 Å². The molecule has 1 heterocycles. The molecule has 0 aromatic heterocycles. The van der Waals surface area contributed by atoms with Gasteiger partial charge in [-0.2, -0.15) is 4.31 Å². The Morgan fingerprint density at radius 2 is 1.80 bits per heavy atom. The van der Waals surface area contributed by atoms with Crippen molar-refractivity contribution >= 4 is 33.2 Å². The van der Waals surface area contributed by atoms with Crippen LogP contribution in [0.2, 0.25) is 10.0 Å². The maximum absolute atomic E-state index is 13.3. The van der Waals surface area contributed by atoms with Crippen LogP contribution in [0.25, 0.3) is 0 Å². The smallest absolute Gasteiger partial charge is 0.212 e. The first-order chi connectivity index (χ1) is 14.4. The molecule has 1 aliphatic heterocycles. The van der Waals surface area contributed by atoms with Crippen LogP contribution >= 0.6 is 23.2 Å². The molecule has 160 valence electrons. The number of benzene rings is 2. The topological polar surface area (TPSA) is 37.4 Å². The fourth-order valence-electron chi connectivity index (χ4n) is 6.02. The second-order valence-corrected chi connectivity index (χ2v) is 12.0. The standard InChI is InChI=1S/C24H27Cl2NO2S/c25-21-7-6-17(14-22(21)26)16-30(28,29)27-13-9-18-8-12-24(10-1-2-11-24)20-5-3-4-19(15-27)23(18)20/h3-7,14,18H,1-2,8-13,15-16H2. The number of fused-ring (bicyclic) bond motifs is 1. The highest BCUT2D eigenvalue weighted by Crippen LogP contribution is 2.54. The van der Waals surface area contributed by atoms with Crippen LogP contribution in [-0.2, 0) is 27.7 Å². The summed E-state index contributed by atoms with van der Waals surface area (Å²) >= 11 is 12.1. The molecule has 2 aromatic carbocycles. The lowest BCUT2D eigenvalue weighted by atomic mass is 9.64. The number of hydrogen-bond donors (Lipinski definition) is 0. The van der Waals surface area contributed by atoms with E-state index in [0.29, 0.717) is 40.0 Å². The summed E-state index contributed by atoms with van der Waals surface area (Å²) in [5.41, 5.74) is 5.22. The fourth-order valence-corrected chi connectivity index (χ4v) is 7.85. The molecule has 0 amide bonds. The van der Waals surface area contributed by atoms with Gasteiger partial charge >= 0.3 is 0 Å². The van der Waals surface area contributed by atoms with E-state index in [1.165, 1.54) is 55.2 Å². The van der Waals surface area contributed by atoms with Gasteiger partial charge in [-0.05, 0) is 77.8 Å². The Labute approximate surface area is 189 Å². The van der Waals surface area contributed by atoms with Crippen LogP contribution in [0.4, 0.5) is 0 Å². The Morgan fingerprint density at radius 3 is 2.57 bits per heavy atom. The minimum absolute atomic E-state index is 0.0481. The van der Waals surface area contributed by atoms with Crippen molar-refractivity contribution in [2.75, 3.05) is 6.54 Å². The molecule has 6 heteroatoms. The first kappa shape index (κ1) is 20.8. The van der Waals surface area contributed by atoms with Gasteiger partial charge < -0.3 is 0 Å². The number of halogens is 2. The molecule has 30 heavy (non-hydrogen) atoms. The van der Waals surface area contributed by atoms with Gasteiger partial charge in [0, 0.05) is 13.1 Å². The van der Waals surface area contributed by atoms with Gasteiger partial charge in [0.1, 0.15) is 0 Å². The van der Waals surface area contributed by atoms with Gasteiger partial charge in [0.2, 0.25) is 10.0 Å². The molecule has 3 nitrogen and oxygen atoms in total. The van der Waals surface area contributed by atoms with Crippen LogP contribution in [0.5, 0.6) is 0 Å². The molecule has 2 aliphatic carbocycles. The Kier molecular flexibility index (Phi) is 5.42. The fraction of sp³-hybridized carbons (Fsp3) is 0.500. The zero-order chi connectivity index (χ0) is 20.9. The molecule has 1 fully saturated rings. The average Bonchev–Trinajstić information content (AvgIpc) is 3.09. The van der Waals surface area contributed by atoms with E-state index in [2.05, 4.69) is 18.2 Å². The summed E-state index contributed by atoms with van der Waals surface area (Å²) in [5.74, 6) is 0.431. The van der Waals surface area contributed by atoms with Crippen molar-refractivity contribution in [2.45, 2.75) is 68.6 Å². The van der Waals surface area contributed by atoms with Crippen molar-refractivity contribution < 1.29 is 8.42 Å². The summed E-state index contributed by atoms with van der Waals surface area (Å²) in [6.45, 7) is 1.05. The van der Waals surface area contributed by atoms with Crippen molar-refractivity contribution in [3.63, 3.8) is 0 Å². The molecule has 0 saturated heterocycles. The van der Waals surface area contributed by atoms with Gasteiger partial charge in [0.15, 0.2) is 0 Å². The number of sulfonamides is 1. The summed E-state index contributed by atoms with van der Waals surface area (Å²) in [6.07, 6.45) is 8.55. The largest absolute Gasteiger partial charge is 0.218 e. The number of rotatable bonds is 3. The second kappa shape index (κ2) is 7.81. The zero-order valence-electron chi connectivity index (χ0n) is 17.0. The molecular weight excluding hydrogens is 437 g/mol. The number of nitrogens with zero attached hydrogens (tertiary/aromatic N) is 1. The highest BCUT2D eigenvalue weighted by molar-refractivity contribution is 7.88. The van der Waals surface area contributed by atoms with Crippen molar-refractivity contribution in [3.8, 4) is 0 Å². The summed E-state index contributed by atoms with van der Waals surface area (Å²) < 4.78 is 28.3. The van der Waals surface area contributed by atoms with Crippen molar-refractivity contribution in [3.05, 3.63) is 68.7 Å². The monoisotopic (exact) mass is 463 g/mol. The summed E-state index contributed by atoms with van der Waals surface area (Å²) in [6, 6.07) is 11.7. The van der Waals surface area contributed by atoms with Gasteiger partial charge in [-0.1, -0.05) is 60.3 Å². The van der Waals surface area contributed by atoms with Crippen molar-refractivity contribution in [1.82, 2.24) is 4.31 Å². The molecule has 1 spiro atoms. The highest BCUT2D eigenvalue weighted by Gasteiger charge is 2.43. The van der Waals surface area contributed by atoms with Crippen LogP contribution in [0.15, 0.2) is 36.4 Å². The first-order valence-electron chi connectivity index (χ1n) is 10.9. The minimum Gasteiger partial charge on any atom is -0.212 e. The lowest BCUT2D eigenvalue weighted by molar-refractivity contribution is 0.329.